The van der Waals surface area contributed by atoms with Crippen molar-refractivity contribution >= 4 is 5.91 Å². The van der Waals surface area contributed by atoms with Gasteiger partial charge in [0.15, 0.2) is 11.5 Å². The van der Waals surface area contributed by atoms with Crippen LogP contribution in [0.5, 0.6) is 28.7 Å². The van der Waals surface area contributed by atoms with Gasteiger partial charge in [-0.15, -0.1) is 13.2 Å². The predicted octanol–water partition coefficient (Wildman–Crippen LogP) is 4.80. The highest BCUT2D eigenvalue weighted by molar-refractivity contribution is 5.97. The lowest BCUT2D eigenvalue weighted by Gasteiger charge is -2.23. The molecule has 0 radical (unpaired) electrons. The van der Waals surface area contributed by atoms with Crippen molar-refractivity contribution in [2.24, 2.45) is 5.73 Å². The number of hydrogen-bond acceptors (Lipinski definition) is 5. The monoisotopic (exact) mass is 427 g/mol. The SMILES string of the molecule is COc1cc(OC(F)(F)F)ccc1Oc1cc(OC2C=C(F)C2)cc(C)c1C(N)=O. The van der Waals surface area contributed by atoms with Crippen LogP contribution in [0.3, 0.4) is 0 Å². The molecule has 1 atom stereocenters. The van der Waals surface area contributed by atoms with E-state index in [4.69, 9.17) is 19.9 Å². The molecule has 1 aliphatic carbocycles. The van der Waals surface area contributed by atoms with E-state index in [9.17, 15) is 22.4 Å². The molecule has 1 aliphatic rings. The Morgan fingerprint density at radius 1 is 1.10 bits per heavy atom. The normalized spacial score (nSPS) is 15.7. The van der Waals surface area contributed by atoms with E-state index in [1.54, 1.807) is 13.0 Å². The fraction of sp³-hybridized carbons (Fsp3) is 0.250. The van der Waals surface area contributed by atoms with Crippen molar-refractivity contribution in [3.8, 4) is 28.7 Å². The van der Waals surface area contributed by atoms with Gasteiger partial charge in [0.25, 0.3) is 5.91 Å². The summed E-state index contributed by atoms with van der Waals surface area (Å²) in [5, 5.41) is 0. The highest BCUT2D eigenvalue weighted by Gasteiger charge is 2.31. The van der Waals surface area contributed by atoms with Crippen molar-refractivity contribution < 1.29 is 41.3 Å². The lowest BCUT2D eigenvalue weighted by Crippen LogP contribution is -2.22. The van der Waals surface area contributed by atoms with Gasteiger partial charge in [0.1, 0.15) is 29.2 Å². The van der Waals surface area contributed by atoms with E-state index < -0.39 is 24.1 Å². The molecule has 1 amide bonds. The van der Waals surface area contributed by atoms with Crippen molar-refractivity contribution in [1.82, 2.24) is 0 Å². The number of methoxy groups -OCH3 is 1. The summed E-state index contributed by atoms with van der Waals surface area (Å²) in [7, 11) is 1.23. The average molecular weight is 427 g/mol. The van der Waals surface area contributed by atoms with Crippen LogP contribution in [0.25, 0.3) is 0 Å². The van der Waals surface area contributed by atoms with Gasteiger partial charge in [-0.25, -0.2) is 4.39 Å². The molecule has 3 rings (SSSR count). The van der Waals surface area contributed by atoms with Gasteiger partial charge in [-0.05, 0) is 36.8 Å². The van der Waals surface area contributed by atoms with Gasteiger partial charge >= 0.3 is 6.36 Å². The quantitative estimate of drug-likeness (QED) is 0.643. The number of amides is 1. The standard InChI is InChI=1S/C20H17F4NO5/c1-10-5-13(28-14-6-11(21)7-14)9-17(18(10)19(25)26)29-15-4-3-12(8-16(15)27-2)30-20(22,23)24/h3-6,8-9,14H,7H2,1-2H3,(H2,25,26). The summed E-state index contributed by atoms with van der Waals surface area (Å²) in [6.45, 7) is 1.61. The third-order valence-electron chi connectivity index (χ3n) is 4.16. The molecule has 0 spiro atoms. The number of alkyl halides is 3. The summed E-state index contributed by atoms with van der Waals surface area (Å²) in [6.07, 6.45) is -3.89. The molecular weight excluding hydrogens is 410 g/mol. The molecule has 0 fully saturated rings. The number of carbonyl (C=O) groups excluding carboxylic acids is 1. The first kappa shape index (κ1) is 21.3. The summed E-state index contributed by atoms with van der Waals surface area (Å²) in [4.78, 5) is 11.9. The summed E-state index contributed by atoms with van der Waals surface area (Å²) in [5.74, 6) is -1.32. The number of rotatable bonds is 7. The zero-order chi connectivity index (χ0) is 22.1. The van der Waals surface area contributed by atoms with Gasteiger partial charge in [0, 0.05) is 18.6 Å². The lowest BCUT2D eigenvalue weighted by molar-refractivity contribution is -0.274. The number of primary amides is 1. The van der Waals surface area contributed by atoms with Crippen molar-refractivity contribution in [3.05, 3.63) is 53.4 Å². The molecule has 2 N–H and O–H groups in total. The maximum atomic E-state index is 12.9. The summed E-state index contributed by atoms with van der Waals surface area (Å²) in [5.41, 5.74) is 5.94. The maximum absolute atomic E-state index is 12.9. The van der Waals surface area contributed by atoms with Crippen LogP contribution in [0.1, 0.15) is 22.3 Å². The third-order valence-corrected chi connectivity index (χ3v) is 4.16. The Hall–Kier alpha value is -3.43. The van der Waals surface area contributed by atoms with E-state index in [1.807, 2.05) is 0 Å². The minimum Gasteiger partial charge on any atom is -0.493 e. The number of carbonyl (C=O) groups is 1. The molecule has 2 aromatic rings. The second kappa shape index (κ2) is 8.13. The van der Waals surface area contributed by atoms with E-state index in [0.717, 1.165) is 12.1 Å². The maximum Gasteiger partial charge on any atom is 0.573 e. The van der Waals surface area contributed by atoms with Gasteiger partial charge < -0.3 is 24.7 Å². The minimum absolute atomic E-state index is 0.00376. The Morgan fingerprint density at radius 3 is 2.33 bits per heavy atom. The van der Waals surface area contributed by atoms with Crippen molar-refractivity contribution in [2.45, 2.75) is 25.8 Å². The molecule has 30 heavy (non-hydrogen) atoms. The minimum atomic E-state index is -4.87. The molecule has 2 aromatic carbocycles. The van der Waals surface area contributed by atoms with Crippen molar-refractivity contribution in [3.63, 3.8) is 0 Å². The van der Waals surface area contributed by atoms with Crippen LogP contribution in [0.15, 0.2) is 42.2 Å². The van der Waals surface area contributed by atoms with Gasteiger partial charge in [-0.3, -0.25) is 4.79 Å². The largest absolute Gasteiger partial charge is 0.573 e. The van der Waals surface area contributed by atoms with Gasteiger partial charge in [0.2, 0.25) is 0 Å². The van der Waals surface area contributed by atoms with Crippen LogP contribution in [0, 0.1) is 6.92 Å². The van der Waals surface area contributed by atoms with E-state index in [-0.39, 0.29) is 35.1 Å². The number of hydrogen-bond donors (Lipinski definition) is 1. The van der Waals surface area contributed by atoms with Gasteiger partial charge in [-0.2, -0.15) is 0 Å². The molecule has 6 nitrogen and oxygen atoms in total. The molecule has 0 saturated heterocycles. The summed E-state index contributed by atoms with van der Waals surface area (Å²) >= 11 is 0. The molecule has 0 aromatic heterocycles. The Kier molecular flexibility index (Phi) is 5.77. The highest BCUT2D eigenvalue weighted by atomic mass is 19.4. The zero-order valence-corrected chi connectivity index (χ0v) is 15.9. The molecule has 1 unspecified atom stereocenters. The predicted molar refractivity (Wildman–Crippen MR) is 97.7 cm³/mol. The van der Waals surface area contributed by atoms with Crippen LogP contribution < -0.4 is 24.7 Å². The number of ether oxygens (including phenoxy) is 4. The van der Waals surface area contributed by atoms with Crippen LogP contribution in [0.2, 0.25) is 0 Å². The number of aryl methyl sites for hydroxylation is 1. The van der Waals surface area contributed by atoms with Gasteiger partial charge in [0.05, 0.1) is 12.7 Å². The smallest absolute Gasteiger partial charge is 0.493 e. The van der Waals surface area contributed by atoms with Gasteiger partial charge in [-0.1, -0.05) is 0 Å². The molecule has 0 aliphatic heterocycles. The fourth-order valence-electron chi connectivity index (χ4n) is 2.85. The molecule has 0 heterocycles. The number of benzene rings is 2. The van der Waals surface area contributed by atoms with Crippen LogP contribution >= 0.6 is 0 Å². The molecule has 0 saturated carbocycles. The first-order valence-electron chi connectivity index (χ1n) is 8.64. The summed E-state index contributed by atoms with van der Waals surface area (Å²) < 4.78 is 70.5. The fourth-order valence-corrected chi connectivity index (χ4v) is 2.85. The lowest BCUT2D eigenvalue weighted by atomic mass is 10.0. The highest BCUT2D eigenvalue weighted by Crippen LogP contribution is 2.39. The van der Waals surface area contributed by atoms with E-state index in [1.165, 1.54) is 25.3 Å². The van der Waals surface area contributed by atoms with Crippen LogP contribution in [-0.2, 0) is 0 Å². The average Bonchev–Trinajstić information content (AvgIpc) is 2.59. The van der Waals surface area contributed by atoms with Crippen LogP contribution in [-0.4, -0.2) is 25.5 Å². The Bertz CT molecular complexity index is 1000. The third kappa shape index (κ3) is 4.94. The zero-order valence-electron chi connectivity index (χ0n) is 15.9. The second-order valence-corrected chi connectivity index (χ2v) is 6.41. The molecule has 160 valence electrons. The van der Waals surface area contributed by atoms with E-state index in [0.29, 0.717) is 11.3 Å². The van der Waals surface area contributed by atoms with Crippen LogP contribution in [0.4, 0.5) is 17.6 Å². The second-order valence-electron chi connectivity index (χ2n) is 6.41. The number of halogens is 4. The van der Waals surface area contributed by atoms with Crippen molar-refractivity contribution in [1.29, 1.82) is 0 Å². The van der Waals surface area contributed by atoms with E-state index in [2.05, 4.69) is 4.74 Å². The first-order chi connectivity index (χ1) is 14.1. The molecule has 0 bridgehead atoms. The number of nitrogens with two attached hydrogens (primary N) is 1. The Labute approximate surface area is 168 Å². The van der Waals surface area contributed by atoms with E-state index >= 15 is 0 Å². The molecular formula is C20H17F4NO5. The Balaban J connectivity index is 1.94. The topological polar surface area (TPSA) is 80.0 Å². The summed E-state index contributed by atoms with van der Waals surface area (Å²) in [6, 6.07) is 6.15. The van der Waals surface area contributed by atoms with Crippen molar-refractivity contribution in [2.75, 3.05) is 7.11 Å². The Morgan fingerprint density at radius 2 is 1.77 bits per heavy atom. The first-order valence-corrected chi connectivity index (χ1v) is 8.64. The molecule has 10 heteroatoms.